The number of aryl methyl sites for hydroxylation is 2. The van der Waals surface area contributed by atoms with Crippen molar-refractivity contribution < 1.29 is 9.47 Å². The second-order valence-electron chi connectivity index (χ2n) is 6.27. The first-order valence-corrected chi connectivity index (χ1v) is 8.64. The van der Waals surface area contributed by atoms with Crippen LogP contribution in [0, 0.1) is 0 Å². The number of benzene rings is 2. The molecule has 0 amide bonds. The average molecular weight is 467 g/mol. The van der Waals surface area contributed by atoms with Gasteiger partial charge in [0.15, 0.2) is 17.5 Å². The van der Waals surface area contributed by atoms with Crippen molar-refractivity contribution in [1.29, 1.82) is 0 Å². The maximum atomic E-state index is 6.01. The molecule has 3 rings (SSSR count). The van der Waals surface area contributed by atoms with Gasteiger partial charge in [-0.25, -0.2) is 4.99 Å². The van der Waals surface area contributed by atoms with E-state index in [1.807, 2.05) is 31.2 Å². The number of para-hydroxylation sites is 2. The second-order valence-corrected chi connectivity index (χ2v) is 6.27. The number of anilines is 1. The van der Waals surface area contributed by atoms with E-state index in [0.717, 1.165) is 12.1 Å². The van der Waals surface area contributed by atoms with E-state index in [9.17, 15) is 0 Å². The third-order valence-electron chi connectivity index (χ3n) is 4.29. The summed E-state index contributed by atoms with van der Waals surface area (Å²) in [6.45, 7) is 2.42. The molecule has 26 heavy (non-hydrogen) atoms. The molecule has 5 nitrogen and oxygen atoms in total. The second kappa shape index (κ2) is 9.66. The van der Waals surface area contributed by atoms with E-state index in [0.29, 0.717) is 24.0 Å². The van der Waals surface area contributed by atoms with Gasteiger partial charge in [-0.15, -0.1) is 24.0 Å². The van der Waals surface area contributed by atoms with Crippen LogP contribution in [0.4, 0.5) is 5.69 Å². The number of hydrogen-bond acceptors (Lipinski definition) is 3. The maximum Gasteiger partial charge on any atom is 0.193 e. The number of ether oxygens (including phenoxy) is 2. The lowest BCUT2D eigenvalue weighted by molar-refractivity contribution is 0.219. The van der Waals surface area contributed by atoms with Crippen molar-refractivity contribution in [1.82, 2.24) is 0 Å². The van der Waals surface area contributed by atoms with E-state index >= 15 is 0 Å². The zero-order valence-corrected chi connectivity index (χ0v) is 17.5. The molecule has 0 saturated heterocycles. The first-order valence-electron chi connectivity index (χ1n) is 8.64. The van der Waals surface area contributed by atoms with Gasteiger partial charge in [0.25, 0.3) is 0 Å². The molecule has 6 heteroatoms. The van der Waals surface area contributed by atoms with Crippen LogP contribution in [-0.4, -0.2) is 25.7 Å². The van der Waals surface area contributed by atoms with Crippen LogP contribution in [0.2, 0.25) is 0 Å². The standard InChI is InChI=1S/C20H25N3O2.HI/c1-14(25-19-9-4-3-8-18(19)24-2)13-22-20(21)23-17-11-10-15-6-5-7-16(15)12-17;/h3-4,8-12,14H,5-7,13H2,1-2H3,(H3,21,22,23);1H. The van der Waals surface area contributed by atoms with Crippen molar-refractivity contribution in [3.05, 3.63) is 53.6 Å². The van der Waals surface area contributed by atoms with E-state index < -0.39 is 0 Å². The summed E-state index contributed by atoms with van der Waals surface area (Å²) in [4.78, 5) is 4.38. The maximum absolute atomic E-state index is 6.01. The number of nitrogens with two attached hydrogens (primary N) is 1. The van der Waals surface area contributed by atoms with Crippen LogP contribution in [-0.2, 0) is 12.8 Å². The Kier molecular flexibility index (Phi) is 7.56. The van der Waals surface area contributed by atoms with Gasteiger partial charge in [0, 0.05) is 5.69 Å². The molecule has 1 unspecified atom stereocenters. The summed E-state index contributed by atoms with van der Waals surface area (Å²) in [6.07, 6.45) is 3.44. The van der Waals surface area contributed by atoms with Crippen LogP contribution in [0.5, 0.6) is 11.5 Å². The van der Waals surface area contributed by atoms with Gasteiger partial charge in [-0.3, -0.25) is 0 Å². The monoisotopic (exact) mass is 467 g/mol. The van der Waals surface area contributed by atoms with Gasteiger partial charge < -0.3 is 20.5 Å². The van der Waals surface area contributed by atoms with Gasteiger partial charge >= 0.3 is 0 Å². The van der Waals surface area contributed by atoms with Gasteiger partial charge in [-0.2, -0.15) is 0 Å². The molecular weight excluding hydrogens is 441 g/mol. The Balaban J connectivity index is 0.00000243. The first-order chi connectivity index (χ1) is 12.2. The normalized spacial score (nSPS) is 14.2. The predicted molar refractivity (Wildman–Crippen MR) is 117 cm³/mol. The summed E-state index contributed by atoms with van der Waals surface area (Å²) >= 11 is 0. The fraction of sp³-hybridized carbons (Fsp3) is 0.350. The highest BCUT2D eigenvalue weighted by molar-refractivity contribution is 14.0. The molecule has 1 aliphatic rings. The summed E-state index contributed by atoms with van der Waals surface area (Å²) in [5.41, 5.74) is 9.85. The predicted octanol–water partition coefficient (Wildman–Crippen LogP) is 4.00. The van der Waals surface area contributed by atoms with E-state index in [1.54, 1.807) is 7.11 Å². The van der Waals surface area contributed by atoms with E-state index in [-0.39, 0.29) is 30.1 Å². The number of halogens is 1. The summed E-state index contributed by atoms with van der Waals surface area (Å²) in [5.74, 6) is 1.81. The number of guanidine groups is 1. The SMILES string of the molecule is COc1ccccc1OC(C)CN=C(N)Nc1ccc2c(c1)CCC2.I. The van der Waals surface area contributed by atoms with Gasteiger partial charge in [-0.1, -0.05) is 18.2 Å². The van der Waals surface area contributed by atoms with Crippen molar-refractivity contribution in [2.24, 2.45) is 10.7 Å². The number of fused-ring (bicyclic) bond motifs is 1. The topological polar surface area (TPSA) is 68.9 Å². The fourth-order valence-electron chi connectivity index (χ4n) is 3.03. The highest BCUT2D eigenvalue weighted by atomic mass is 127. The van der Waals surface area contributed by atoms with Crippen LogP contribution in [0.15, 0.2) is 47.5 Å². The lowest BCUT2D eigenvalue weighted by Crippen LogP contribution is -2.25. The molecule has 2 aromatic rings. The molecule has 3 N–H and O–H groups in total. The zero-order valence-electron chi connectivity index (χ0n) is 15.2. The minimum Gasteiger partial charge on any atom is -0.493 e. The molecule has 0 radical (unpaired) electrons. The largest absolute Gasteiger partial charge is 0.493 e. The molecule has 2 aromatic carbocycles. The van der Waals surface area contributed by atoms with Crippen molar-refractivity contribution >= 4 is 35.6 Å². The van der Waals surface area contributed by atoms with Gasteiger partial charge in [-0.05, 0) is 61.6 Å². The van der Waals surface area contributed by atoms with Gasteiger partial charge in [0.05, 0.1) is 13.7 Å². The van der Waals surface area contributed by atoms with Crippen LogP contribution >= 0.6 is 24.0 Å². The van der Waals surface area contributed by atoms with Crippen molar-refractivity contribution in [2.45, 2.75) is 32.3 Å². The number of nitrogens with zero attached hydrogens (tertiary/aromatic N) is 1. The number of aliphatic imine (C=N–C) groups is 1. The van der Waals surface area contributed by atoms with E-state index in [2.05, 4.69) is 28.5 Å². The highest BCUT2D eigenvalue weighted by Gasteiger charge is 2.11. The molecule has 0 spiro atoms. The molecule has 1 aliphatic carbocycles. The average Bonchev–Trinajstić information content (AvgIpc) is 3.08. The molecule has 0 aromatic heterocycles. The Bertz CT molecular complexity index is 764. The van der Waals surface area contributed by atoms with Crippen molar-refractivity contribution in [3.8, 4) is 11.5 Å². The lowest BCUT2D eigenvalue weighted by atomic mass is 10.1. The smallest absolute Gasteiger partial charge is 0.193 e. The molecule has 0 saturated carbocycles. The van der Waals surface area contributed by atoms with Crippen molar-refractivity contribution in [3.63, 3.8) is 0 Å². The Hall–Kier alpha value is -1.96. The van der Waals surface area contributed by atoms with Gasteiger partial charge in [0.2, 0.25) is 0 Å². The first kappa shape index (κ1) is 20.4. The van der Waals surface area contributed by atoms with Crippen LogP contribution in [0.3, 0.4) is 0 Å². The molecule has 0 heterocycles. The third-order valence-corrected chi connectivity index (χ3v) is 4.29. The summed E-state index contributed by atoms with van der Waals surface area (Å²) in [5, 5.41) is 3.16. The van der Waals surface area contributed by atoms with Crippen LogP contribution < -0.4 is 20.5 Å². The lowest BCUT2D eigenvalue weighted by Gasteiger charge is -2.15. The quantitative estimate of drug-likeness (QED) is 0.383. The van der Waals surface area contributed by atoms with E-state index in [1.165, 1.54) is 24.0 Å². The summed E-state index contributed by atoms with van der Waals surface area (Å²) in [6, 6.07) is 14.0. The molecule has 0 bridgehead atoms. The van der Waals surface area contributed by atoms with Crippen LogP contribution in [0.25, 0.3) is 0 Å². The Morgan fingerprint density at radius 2 is 1.88 bits per heavy atom. The summed E-state index contributed by atoms with van der Waals surface area (Å²) in [7, 11) is 1.63. The Labute approximate surface area is 172 Å². The molecule has 1 atom stereocenters. The zero-order chi connectivity index (χ0) is 17.6. The minimum absolute atomic E-state index is 0. The Morgan fingerprint density at radius 3 is 2.65 bits per heavy atom. The molecular formula is C20H26IN3O2. The number of rotatable bonds is 6. The van der Waals surface area contributed by atoms with E-state index in [4.69, 9.17) is 15.2 Å². The van der Waals surface area contributed by atoms with Crippen molar-refractivity contribution in [2.75, 3.05) is 19.0 Å². The number of methoxy groups -OCH3 is 1. The third kappa shape index (κ3) is 5.27. The minimum atomic E-state index is -0.114. The number of nitrogens with one attached hydrogen (secondary N) is 1. The van der Waals surface area contributed by atoms with Crippen LogP contribution in [0.1, 0.15) is 24.5 Å². The number of hydrogen-bond donors (Lipinski definition) is 2. The molecule has 140 valence electrons. The Morgan fingerprint density at radius 1 is 1.15 bits per heavy atom. The molecule has 0 fully saturated rings. The summed E-state index contributed by atoms with van der Waals surface area (Å²) < 4.78 is 11.2. The fourth-order valence-corrected chi connectivity index (χ4v) is 3.03. The van der Waals surface area contributed by atoms with Gasteiger partial charge in [0.1, 0.15) is 6.10 Å². The highest BCUT2D eigenvalue weighted by Crippen LogP contribution is 2.27. The molecule has 0 aliphatic heterocycles.